The normalized spacial score (nSPS) is 21.8. The highest BCUT2D eigenvalue weighted by Gasteiger charge is 2.40. The molecule has 1 unspecified atom stereocenters. The van der Waals surface area contributed by atoms with Crippen LogP contribution in [0.25, 0.3) is 0 Å². The number of benzene rings is 1. The fraction of sp³-hybridized carbons (Fsp3) is 0.588. The minimum atomic E-state index is -0.457. The second-order valence-corrected chi connectivity index (χ2v) is 6.92. The van der Waals surface area contributed by atoms with Crippen LogP contribution in [0.2, 0.25) is 5.02 Å². The lowest BCUT2D eigenvalue weighted by Gasteiger charge is -2.35. The second kappa shape index (κ2) is 9.83. The Morgan fingerprint density at radius 1 is 1.36 bits per heavy atom. The van der Waals surface area contributed by atoms with Crippen LogP contribution in [0.1, 0.15) is 19.3 Å². The minimum absolute atomic E-state index is 0. The minimum Gasteiger partial charge on any atom is -0.381 e. The number of carbonyl (C=O) groups excluding carboxylic acids is 1. The average molecular weight is 411 g/mol. The van der Waals surface area contributed by atoms with E-state index in [1.54, 1.807) is 0 Å². The number of anilines is 1. The van der Waals surface area contributed by atoms with Crippen molar-refractivity contribution >= 4 is 48.0 Å². The molecule has 0 bridgehead atoms. The molecule has 0 aromatic heterocycles. The van der Waals surface area contributed by atoms with Gasteiger partial charge in [0.1, 0.15) is 0 Å². The van der Waals surface area contributed by atoms with Crippen LogP contribution in [0, 0.1) is 5.41 Å². The molecule has 0 saturated carbocycles. The number of nitrogens with zero attached hydrogens (tertiary/aromatic N) is 1. The lowest BCUT2D eigenvalue weighted by Crippen LogP contribution is -2.52. The Morgan fingerprint density at radius 3 is 2.72 bits per heavy atom. The van der Waals surface area contributed by atoms with Gasteiger partial charge in [0, 0.05) is 49.6 Å². The number of rotatable bonds is 4. The Morgan fingerprint density at radius 2 is 2.08 bits per heavy atom. The van der Waals surface area contributed by atoms with Crippen LogP contribution in [0.5, 0.6) is 0 Å². The van der Waals surface area contributed by atoms with Gasteiger partial charge >= 0.3 is 0 Å². The Balaban J connectivity index is 0.00000156. The molecule has 2 aliphatic heterocycles. The summed E-state index contributed by atoms with van der Waals surface area (Å²) in [5.74, 6) is 0.0845. The van der Waals surface area contributed by atoms with Crippen LogP contribution in [-0.2, 0) is 9.53 Å². The van der Waals surface area contributed by atoms with E-state index in [0.717, 1.165) is 30.2 Å². The van der Waals surface area contributed by atoms with Gasteiger partial charge in [0.15, 0.2) is 0 Å². The summed E-state index contributed by atoms with van der Waals surface area (Å²) < 4.78 is 5.38. The first-order valence-corrected chi connectivity index (χ1v) is 8.60. The highest BCUT2D eigenvalue weighted by molar-refractivity contribution is 6.30. The van der Waals surface area contributed by atoms with Gasteiger partial charge in [-0.05, 0) is 37.5 Å². The standard InChI is InChI=1S/C17H24ClN3O2.2ClH/c18-13-2-1-3-15(10-13)21-7-4-14(11-21)20-16(22)17(12-19)5-8-23-9-6-17;;/h1-3,10,14H,4-9,11-12,19H2,(H,20,22);2*1H. The summed E-state index contributed by atoms with van der Waals surface area (Å²) in [7, 11) is 0. The van der Waals surface area contributed by atoms with Crippen molar-refractivity contribution in [1.82, 2.24) is 5.32 Å². The summed E-state index contributed by atoms with van der Waals surface area (Å²) in [6, 6.07) is 8.00. The summed E-state index contributed by atoms with van der Waals surface area (Å²) in [4.78, 5) is 15.0. The number of nitrogens with two attached hydrogens (primary N) is 1. The van der Waals surface area contributed by atoms with Crippen molar-refractivity contribution in [3.8, 4) is 0 Å². The van der Waals surface area contributed by atoms with Gasteiger partial charge in [0.25, 0.3) is 0 Å². The smallest absolute Gasteiger partial charge is 0.227 e. The molecule has 142 valence electrons. The number of nitrogens with one attached hydrogen (secondary N) is 1. The summed E-state index contributed by atoms with van der Waals surface area (Å²) in [6.07, 6.45) is 2.36. The van der Waals surface area contributed by atoms with Crippen molar-refractivity contribution in [2.24, 2.45) is 11.1 Å². The van der Waals surface area contributed by atoms with Gasteiger partial charge in [0.2, 0.25) is 5.91 Å². The second-order valence-electron chi connectivity index (χ2n) is 6.48. The molecule has 0 radical (unpaired) electrons. The maximum Gasteiger partial charge on any atom is 0.227 e. The number of carbonyl (C=O) groups is 1. The summed E-state index contributed by atoms with van der Waals surface area (Å²) in [5, 5.41) is 3.94. The quantitative estimate of drug-likeness (QED) is 0.801. The van der Waals surface area contributed by atoms with E-state index in [2.05, 4.69) is 16.3 Å². The molecule has 3 N–H and O–H groups in total. The van der Waals surface area contributed by atoms with Crippen molar-refractivity contribution in [3.05, 3.63) is 29.3 Å². The van der Waals surface area contributed by atoms with E-state index in [-0.39, 0.29) is 36.8 Å². The lowest BCUT2D eigenvalue weighted by molar-refractivity contribution is -0.136. The highest BCUT2D eigenvalue weighted by Crippen LogP contribution is 2.30. The van der Waals surface area contributed by atoms with Crippen LogP contribution in [0.3, 0.4) is 0 Å². The SMILES string of the molecule is Cl.Cl.NCC1(C(=O)NC2CCN(c3cccc(Cl)c3)C2)CCOCC1. The molecular formula is C17H26Cl3N3O2. The van der Waals surface area contributed by atoms with Crippen molar-refractivity contribution in [2.45, 2.75) is 25.3 Å². The summed E-state index contributed by atoms with van der Waals surface area (Å²) in [5.41, 5.74) is 6.56. The molecule has 1 atom stereocenters. The van der Waals surface area contributed by atoms with E-state index in [1.807, 2.05) is 18.2 Å². The predicted octanol–water partition coefficient (Wildman–Crippen LogP) is 2.63. The van der Waals surface area contributed by atoms with Gasteiger partial charge in [-0.3, -0.25) is 4.79 Å². The van der Waals surface area contributed by atoms with Gasteiger partial charge in [-0.25, -0.2) is 0 Å². The summed E-state index contributed by atoms with van der Waals surface area (Å²) in [6.45, 7) is 3.34. The van der Waals surface area contributed by atoms with Crippen molar-refractivity contribution in [1.29, 1.82) is 0 Å². The number of ether oxygens (including phenoxy) is 1. The van der Waals surface area contributed by atoms with Crippen molar-refractivity contribution < 1.29 is 9.53 Å². The maximum absolute atomic E-state index is 12.7. The fourth-order valence-corrected chi connectivity index (χ4v) is 3.59. The number of hydrogen-bond donors (Lipinski definition) is 2. The third kappa shape index (κ3) is 5.14. The molecule has 2 fully saturated rings. The predicted molar refractivity (Wildman–Crippen MR) is 106 cm³/mol. The molecular weight excluding hydrogens is 385 g/mol. The molecule has 2 aliphatic rings. The van der Waals surface area contributed by atoms with Crippen molar-refractivity contribution in [3.63, 3.8) is 0 Å². The number of amides is 1. The summed E-state index contributed by atoms with van der Waals surface area (Å²) >= 11 is 6.06. The lowest BCUT2D eigenvalue weighted by atomic mass is 9.79. The molecule has 25 heavy (non-hydrogen) atoms. The molecule has 2 heterocycles. The zero-order valence-electron chi connectivity index (χ0n) is 14.1. The average Bonchev–Trinajstić information content (AvgIpc) is 3.04. The molecule has 2 saturated heterocycles. The van der Waals surface area contributed by atoms with Crippen LogP contribution in [0.15, 0.2) is 24.3 Å². The first kappa shape index (κ1) is 22.3. The van der Waals surface area contributed by atoms with E-state index in [9.17, 15) is 4.79 Å². The Hall–Kier alpha value is -0.720. The largest absolute Gasteiger partial charge is 0.381 e. The Labute approximate surface area is 166 Å². The molecule has 1 aromatic rings. The zero-order chi connectivity index (χ0) is 16.3. The van der Waals surface area contributed by atoms with Crippen LogP contribution >= 0.6 is 36.4 Å². The highest BCUT2D eigenvalue weighted by atomic mass is 35.5. The Bertz CT molecular complexity index is 568. The third-order valence-corrected chi connectivity index (χ3v) is 5.25. The van der Waals surface area contributed by atoms with Gasteiger partial charge in [-0.2, -0.15) is 0 Å². The Kier molecular flexibility index (Phi) is 8.78. The van der Waals surface area contributed by atoms with Gasteiger partial charge in [-0.15, -0.1) is 24.8 Å². The monoisotopic (exact) mass is 409 g/mol. The maximum atomic E-state index is 12.7. The third-order valence-electron chi connectivity index (χ3n) is 5.02. The van der Waals surface area contributed by atoms with Gasteiger partial charge in [-0.1, -0.05) is 17.7 Å². The first-order chi connectivity index (χ1) is 11.1. The molecule has 5 nitrogen and oxygen atoms in total. The first-order valence-electron chi connectivity index (χ1n) is 8.22. The van der Waals surface area contributed by atoms with Gasteiger partial charge < -0.3 is 20.7 Å². The van der Waals surface area contributed by atoms with Crippen LogP contribution in [-0.4, -0.2) is 44.8 Å². The van der Waals surface area contributed by atoms with E-state index < -0.39 is 5.41 Å². The van der Waals surface area contributed by atoms with E-state index >= 15 is 0 Å². The molecule has 3 rings (SSSR count). The number of hydrogen-bond acceptors (Lipinski definition) is 4. The van der Waals surface area contributed by atoms with E-state index in [1.165, 1.54) is 0 Å². The van der Waals surface area contributed by atoms with Crippen LogP contribution < -0.4 is 16.0 Å². The molecule has 0 spiro atoms. The molecule has 0 aliphatic carbocycles. The molecule has 1 amide bonds. The number of halogens is 3. The van der Waals surface area contributed by atoms with E-state index in [0.29, 0.717) is 32.6 Å². The van der Waals surface area contributed by atoms with Crippen LogP contribution in [0.4, 0.5) is 5.69 Å². The zero-order valence-corrected chi connectivity index (χ0v) is 16.5. The van der Waals surface area contributed by atoms with E-state index in [4.69, 9.17) is 22.1 Å². The fourth-order valence-electron chi connectivity index (χ4n) is 3.41. The molecule has 8 heteroatoms. The topological polar surface area (TPSA) is 67.6 Å². The van der Waals surface area contributed by atoms with Gasteiger partial charge in [0.05, 0.1) is 5.41 Å². The molecule has 1 aromatic carbocycles. The van der Waals surface area contributed by atoms with Crippen molar-refractivity contribution in [2.75, 3.05) is 37.7 Å².